The summed E-state index contributed by atoms with van der Waals surface area (Å²) in [5.41, 5.74) is 3.37. The average Bonchev–Trinajstić information content (AvgIpc) is 2.63. The van der Waals surface area contributed by atoms with E-state index in [1.54, 1.807) is 6.07 Å². The van der Waals surface area contributed by atoms with Gasteiger partial charge >= 0.3 is 5.97 Å². The number of amides is 1. The summed E-state index contributed by atoms with van der Waals surface area (Å²) in [5, 5.41) is 2.59. The van der Waals surface area contributed by atoms with Crippen LogP contribution in [-0.4, -0.2) is 18.0 Å². The first-order chi connectivity index (χ1) is 12.0. The van der Waals surface area contributed by atoms with Crippen LogP contribution < -0.4 is 5.32 Å². The van der Waals surface area contributed by atoms with Gasteiger partial charge in [0.2, 0.25) is 0 Å². The predicted octanol–water partition coefficient (Wildman–Crippen LogP) is 3.89. The normalized spacial score (nSPS) is 14.3. The van der Waals surface area contributed by atoms with Crippen LogP contribution in [0.1, 0.15) is 41.3 Å². The van der Waals surface area contributed by atoms with E-state index in [4.69, 9.17) is 4.74 Å². The van der Waals surface area contributed by atoms with Gasteiger partial charge in [-0.05, 0) is 80.1 Å². The van der Waals surface area contributed by atoms with Gasteiger partial charge in [-0.1, -0.05) is 6.07 Å². The van der Waals surface area contributed by atoms with E-state index < -0.39 is 18.0 Å². The fraction of sp³-hybridized carbons (Fsp3) is 0.300. The maximum absolute atomic E-state index is 12.9. The molecule has 1 amide bonds. The number of halogens is 1. The summed E-state index contributed by atoms with van der Waals surface area (Å²) in [6.45, 7) is 1.51. The van der Waals surface area contributed by atoms with Gasteiger partial charge in [0.15, 0.2) is 6.10 Å². The van der Waals surface area contributed by atoms with Gasteiger partial charge in [-0.3, -0.25) is 4.79 Å². The molecule has 0 aliphatic heterocycles. The van der Waals surface area contributed by atoms with Crippen molar-refractivity contribution in [3.8, 4) is 0 Å². The number of ether oxygens (including phenoxy) is 1. The van der Waals surface area contributed by atoms with Crippen molar-refractivity contribution in [3.63, 3.8) is 0 Å². The Bertz CT molecular complexity index is 786. The quantitative estimate of drug-likeness (QED) is 0.859. The lowest BCUT2D eigenvalue weighted by Crippen LogP contribution is -2.30. The maximum atomic E-state index is 12.9. The zero-order chi connectivity index (χ0) is 17.8. The van der Waals surface area contributed by atoms with Gasteiger partial charge in [0.1, 0.15) is 5.82 Å². The highest BCUT2D eigenvalue weighted by Gasteiger charge is 2.20. The standard InChI is InChI=1S/C20H20FNO3/c1-13(19(23)22-18-10-8-17(21)9-11-18)25-20(24)16-7-6-14-4-2-3-5-15(14)12-16/h6-13H,2-5H2,1H3,(H,22,23)/t13-/m0/s1. The van der Waals surface area contributed by atoms with Crippen molar-refractivity contribution in [1.82, 2.24) is 0 Å². The van der Waals surface area contributed by atoms with E-state index in [2.05, 4.69) is 5.32 Å². The topological polar surface area (TPSA) is 55.4 Å². The molecule has 1 N–H and O–H groups in total. The predicted molar refractivity (Wildman–Crippen MR) is 93.0 cm³/mol. The highest BCUT2D eigenvalue weighted by Crippen LogP contribution is 2.22. The van der Waals surface area contributed by atoms with Gasteiger partial charge in [0, 0.05) is 5.69 Å². The number of fused-ring (bicyclic) bond motifs is 1. The third-order valence-corrected chi connectivity index (χ3v) is 4.35. The maximum Gasteiger partial charge on any atom is 0.338 e. The van der Waals surface area contributed by atoms with E-state index in [1.807, 2.05) is 12.1 Å². The molecule has 0 unspecified atom stereocenters. The SMILES string of the molecule is C[C@H](OC(=O)c1ccc2c(c1)CCCC2)C(=O)Nc1ccc(F)cc1. The summed E-state index contributed by atoms with van der Waals surface area (Å²) in [6, 6.07) is 11.0. The van der Waals surface area contributed by atoms with E-state index in [-0.39, 0.29) is 5.82 Å². The number of hydrogen-bond donors (Lipinski definition) is 1. The van der Waals surface area contributed by atoms with Crippen LogP contribution in [0.25, 0.3) is 0 Å². The molecule has 1 aliphatic rings. The summed E-state index contributed by atoms with van der Waals surface area (Å²) in [5.74, 6) is -1.36. The zero-order valence-electron chi connectivity index (χ0n) is 14.0. The van der Waals surface area contributed by atoms with E-state index in [9.17, 15) is 14.0 Å². The molecule has 1 aliphatic carbocycles. The molecule has 5 heteroatoms. The molecule has 0 saturated carbocycles. The summed E-state index contributed by atoms with van der Waals surface area (Å²) >= 11 is 0. The van der Waals surface area contributed by atoms with Crippen molar-refractivity contribution in [3.05, 3.63) is 65.0 Å². The third-order valence-electron chi connectivity index (χ3n) is 4.35. The van der Waals surface area contributed by atoms with E-state index in [1.165, 1.54) is 48.7 Å². The van der Waals surface area contributed by atoms with Gasteiger partial charge in [-0.15, -0.1) is 0 Å². The van der Waals surface area contributed by atoms with Crippen LogP contribution in [0.4, 0.5) is 10.1 Å². The summed E-state index contributed by atoms with van der Waals surface area (Å²) < 4.78 is 18.1. The summed E-state index contributed by atoms with van der Waals surface area (Å²) in [4.78, 5) is 24.4. The van der Waals surface area contributed by atoms with Crippen LogP contribution in [0.2, 0.25) is 0 Å². The molecule has 0 fully saturated rings. The summed E-state index contributed by atoms with van der Waals surface area (Å²) in [6.07, 6.45) is 3.37. The minimum absolute atomic E-state index is 0.384. The fourth-order valence-corrected chi connectivity index (χ4v) is 2.92. The number of aryl methyl sites for hydroxylation is 2. The molecule has 3 rings (SSSR count). The molecule has 0 aromatic heterocycles. The van der Waals surface area contributed by atoms with Gasteiger partial charge in [0.25, 0.3) is 5.91 Å². The van der Waals surface area contributed by atoms with Gasteiger partial charge in [0.05, 0.1) is 5.56 Å². The Morgan fingerprint density at radius 2 is 1.72 bits per heavy atom. The molecule has 0 spiro atoms. The van der Waals surface area contributed by atoms with Crippen LogP contribution >= 0.6 is 0 Å². The average molecular weight is 341 g/mol. The Morgan fingerprint density at radius 1 is 1.04 bits per heavy atom. The number of rotatable bonds is 4. The van der Waals surface area contributed by atoms with Crippen molar-refractivity contribution >= 4 is 17.6 Å². The number of esters is 1. The van der Waals surface area contributed by atoms with E-state index >= 15 is 0 Å². The van der Waals surface area contributed by atoms with Gasteiger partial charge in [-0.25, -0.2) is 9.18 Å². The highest BCUT2D eigenvalue weighted by atomic mass is 19.1. The minimum Gasteiger partial charge on any atom is -0.449 e. The molecule has 0 bridgehead atoms. The van der Waals surface area contributed by atoms with Crippen molar-refractivity contribution in [2.75, 3.05) is 5.32 Å². The molecule has 25 heavy (non-hydrogen) atoms. The van der Waals surface area contributed by atoms with Crippen molar-refractivity contribution in [1.29, 1.82) is 0 Å². The van der Waals surface area contributed by atoms with Crippen molar-refractivity contribution in [2.24, 2.45) is 0 Å². The van der Waals surface area contributed by atoms with Crippen molar-refractivity contribution in [2.45, 2.75) is 38.7 Å². The van der Waals surface area contributed by atoms with Gasteiger partial charge < -0.3 is 10.1 Å². The Labute approximate surface area is 146 Å². The Kier molecular flexibility index (Phi) is 5.12. The first-order valence-corrected chi connectivity index (χ1v) is 8.42. The number of anilines is 1. The molecule has 0 radical (unpaired) electrons. The van der Waals surface area contributed by atoms with Crippen LogP contribution in [0, 0.1) is 5.82 Å². The smallest absolute Gasteiger partial charge is 0.338 e. The van der Waals surface area contributed by atoms with Crippen molar-refractivity contribution < 1.29 is 18.7 Å². The number of benzene rings is 2. The summed E-state index contributed by atoms with van der Waals surface area (Å²) in [7, 11) is 0. The zero-order valence-corrected chi connectivity index (χ0v) is 14.0. The molecule has 130 valence electrons. The Hall–Kier alpha value is -2.69. The molecule has 2 aromatic carbocycles. The Balaban J connectivity index is 1.61. The van der Waals surface area contributed by atoms with Crippen LogP contribution in [-0.2, 0) is 22.4 Å². The molecular weight excluding hydrogens is 321 g/mol. The lowest BCUT2D eigenvalue weighted by atomic mass is 9.90. The molecule has 0 saturated heterocycles. The lowest BCUT2D eigenvalue weighted by Gasteiger charge is -2.17. The molecular formula is C20H20FNO3. The number of carbonyl (C=O) groups excluding carboxylic acids is 2. The van der Waals surface area contributed by atoms with Crippen LogP contribution in [0.3, 0.4) is 0 Å². The van der Waals surface area contributed by atoms with E-state index in [0.717, 1.165) is 19.3 Å². The van der Waals surface area contributed by atoms with E-state index in [0.29, 0.717) is 11.3 Å². The number of nitrogens with one attached hydrogen (secondary N) is 1. The number of hydrogen-bond acceptors (Lipinski definition) is 3. The highest BCUT2D eigenvalue weighted by molar-refractivity contribution is 5.97. The number of carbonyl (C=O) groups is 2. The molecule has 1 atom stereocenters. The second kappa shape index (κ2) is 7.47. The molecule has 2 aromatic rings. The molecule has 4 nitrogen and oxygen atoms in total. The largest absolute Gasteiger partial charge is 0.449 e. The molecule has 0 heterocycles. The van der Waals surface area contributed by atoms with Gasteiger partial charge in [-0.2, -0.15) is 0 Å². The Morgan fingerprint density at radius 3 is 2.44 bits per heavy atom. The lowest BCUT2D eigenvalue weighted by molar-refractivity contribution is -0.123. The van der Waals surface area contributed by atoms with Crippen LogP contribution in [0.15, 0.2) is 42.5 Å². The minimum atomic E-state index is -0.950. The first-order valence-electron chi connectivity index (χ1n) is 8.42. The monoisotopic (exact) mass is 341 g/mol. The van der Waals surface area contributed by atoms with Crippen LogP contribution in [0.5, 0.6) is 0 Å². The fourth-order valence-electron chi connectivity index (χ4n) is 2.92. The first kappa shape index (κ1) is 17.1. The second-order valence-corrected chi connectivity index (χ2v) is 6.23. The third kappa shape index (κ3) is 4.24. The second-order valence-electron chi connectivity index (χ2n) is 6.23.